The lowest BCUT2D eigenvalue weighted by Crippen LogP contribution is -2.42. The molecule has 0 radical (unpaired) electrons. The van der Waals surface area contributed by atoms with Gasteiger partial charge in [0.05, 0.1) is 24.0 Å². The number of ether oxygens (including phenoxy) is 1. The summed E-state index contributed by atoms with van der Waals surface area (Å²) in [7, 11) is 3.66. The van der Waals surface area contributed by atoms with E-state index in [0.717, 1.165) is 12.2 Å². The maximum absolute atomic E-state index is 5.68. The second kappa shape index (κ2) is 5.60. The Balaban J connectivity index is 3.04. The summed E-state index contributed by atoms with van der Waals surface area (Å²) in [5.74, 6) is 0. The minimum absolute atomic E-state index is 0.0475. The summed E-state index contributed by atoms with van der Waals surface area (Å²) in [6.45, 7) is 9.50. The minimum Gasteiger partial charge on any atom is -0.379 e. The van der Waals surface area contributed by atoms with Crippen LogP contribution in [0.25, 0.3) is 0 Å². The summed E-state index contributed by atoms with van der Waals surface area (Å²) in [5, 5.41) is 11.4. The number of hydrogen-bond acceptors (Lipinski definition) is 4. The van der Waals surface area contributed by atoms with E-state index in [1.54, 1.807) is 18.0 Å². The SMILES string of the molecule is CCNC(c1cnnn1C)C(OC)C(C)(C)C. The molecule has 0 aliphatic carbocycles. The fourth-order valence-electron chi connectivity index (χ4n) is 2.16. The number of aromatic nitrogens is 3. The van der Waals surface area contributed by atoms with Gasteiger partial charge in [0.2, 0.25) is 0 Å². The van der Waals surface area contributed by atoms with Gasteiger partial charge in [0.1, 0.15) is 0 Å². The molecule has 0 saturated carbocycles. The highest BCUT2D eigenvalue weighted by atomic mass is 16.5. The van der Waals surface area contributed by atoms with Gasteiger partial charge in [-0.3, -0.25) is 4.68 Å². The van der Waals surface area contributed by atoms with Crippen LogP contribution >= 0.6 is 0 Å². The molecule has 17 heavy (non-hydrogen) atoms. The Kier molecular flexibility index (Phi) is 4.65. The molecule has 0 amide bonds. The molecular formula is C12H24N4O. The molecular weight excluding hydrogens is 216 g/mol. The van der Waals surface area contributed by atoms with Gasteiger partial charge in [-0.2, -0.15) is 0 Å². The van der Waals surface area contributed by atoms with E-state index in [4.69, 9.17) is 4.74 Å². The van der Waals surface area contributed by atoms with Crippen molar-refractivity contribution in [3.05, 3.63) is 11.9 Å². The molecule has 5 heteroatoms. The summed E-state index contributed by atoms with van der Waals surface area (Å²) in [4.78, 5) is 0. The molecule has 1 aromatic heterocycles. The highest BCUT2D eigenvalue weighted by Crippen LogP contribution is 2.31. The molecule has 0 spiro atoms. The predicted octanol–water partition coefficient (Wildman–Crippen LogP) is 1.53. The van der Waals surface area contributed by atoms with Gasteiger partial charge < -0.3 is 10.1 Å². The van der Waals surface area contributed by atoms with Crippen molar-refractivity contribution in [2.75, 3.05) is 13.7 Å². The molecule has 0 bridgehead atoms. The average Bonchev–Trinajstić information content (AvgIpc) is 2.62. The van der Waals surface area contributed by atoms with Crippen LogP contribution in [-0.4, -0.2) is 34.8 Å². The molecule has 98 valence electrons. The highest BCUT2D eigenvalue weighted by molar-refractivity contribution is 5.07. The van der Waals surface area contributed by atoms with E-state index >= 15 is 0 Å². The Hall–Kier alpha value is -0.940. The van der Waals surface area contributed by atoms with Crippen molar-refractivity contribution in [1.82, 2.24) is 20.3 Å². The lowest BCUT2D eigenvalue weighted by Gasteiger charge is -2.36. The van der Waals surface area contributed by atoms with Crippen molar-refractivity contribution >= 4 is 0 Å². The maximum Gasteiger partial charge on any atom is 0.0829 e. The van der Waals surface area contributed by atoms with Crippen LogP contribution in [0.15, 0.2) is 6.20 Å². The molecule has 2 unspecified atom stereocenters. The number of nitrogens with one attached hydrogen (secondary N) is 1. The third kappa shape index (κ3) is 3.26. The van der Waals surface area contributed by atoms with Crippen molar-refractivity contribution in [1.29, 1.82) is 0 Å². The lowest BCUT2D eigenvalue weighted by atomic mass is 9.83. The molecule has 1 rings (SSSR count). The first kappa shape index (κ1) is 14.1. The summed E-state index contributed by atoms with van der Waals surface area (Å²) in [6, 6.07) is 0.102. The van der Waals surface area contributed by atoms with Gasteiger partial charge in [0.15, 0.2) is 0 Å². The first-order chi connectivity index (χ1) is 7.91. The molecule has 1 heterocycles. The Morgan fingerprint density at radius 3 is 2.47 bits per heavy atom. The van der Waals surface area contributed by atoms with E-state index in [1.807, 2.05) is 7.05 Å². The molecule has 5 nitrogen and oxygen atoms in total. The largest absolute Gasteiger partial charge is 0.379 e. The topological polar surface area (TPSA) is 52.0 Å². The van der Waals surface area contributed by atoms with E-state index in [2.05, 4.69) is 43.3 Å². The Labute approximate surface area is 104 Å². The van der Waals surface area contributed by atoms with Gasteiger partial charge in [-0.25, -0.2) is 0 Å². The normalized spacial score (nSPS) is 15.9. The fourth-order valence-corrected chi connectivity index (χ4v) is 2.16. The van der Waals surface area contributed by atoms with E-state index < -0.39 is 0 Å². The van der Waals surface area contributed by atoms with Crippen LogP contribution in [0.2, 0.25) is 0 Å². The minimum atomic E-state index is 0.0475. The van der Waals surface area contributed by atoms with Crippen molar-refractivity contribution in [3.63, 3.8) is 0 Å². The molecule has 1 N–H and O–H groups in total. The zero-order valence-corrected chi connectivity index (χ0v) is 11.7. The van der Waals surface area contributed by atoms with Gasteiger partial charge in [-0.05, 0) is 12.0 Å². The summed E-state index contributed by atoms with van der Waals surface area (Å²) < 4.78 is 7.47. The molecule has 1 aromatic rings. The van der Waals surface area contributed by atoms with Crippen molar-refractivity contribution in [2.45, 2.75) is 39.8 Å². The van der Waals surface area contributed by atoms with Crippen molar-refractivity contribution < 1.29 is 4.74 Å². The Bertz CT molecular complexity index is 343. The second-order valence-electron chi connectivity index (χ2n) is 5.34. The van der Waals surface area contributed by atoms with Gasteiger partial charge in [-0.1, -0.05) is 32.9 Å². The van der Waals surface area contributed by atoms with Crippen LogP contribution in [0.5, 0.6) is 0 Å². The van der Waals surface area contributed by atoms with Crippen molar-refractivity contribution in [2.24, 2.45) is 12.5 Å². The first-order valence-corrected chi connectivity index (χ1v) is 6.02. The zero-order valence-electron chi connectivity index (χ0n) is 11.7. The standard InChI is InChI=1S/C12H24N4O/c1-7-13-10(9-8-14-15-16(9)5)11(17-6)12(2,3)4/h8,10-11,13H,7H2,1-6H3. The third-order valence-electron chi connectivity index (χ3n) is 2.90. The van der Waals surface area contributed by atoms with E-state index in [-0.39, 0.29) is 17.6 Å². The molecule has 0 aromatic carbocycles. The predicted molar refractivity (Wildman–Crippen MR) is 67.7 cm³/mol. The Morgan fingerprint density at radius 2 is 2.12 bits per heavy atom. The number of aryl methyl sites for hydroxylation is 1. The number of rotatable bonds is 5. The number of methoxy groups -OCH3 is 1. The van der Waals surface area contributed by atoms with Gasteiger partial charge in [0, 0.05) is 14.2 Å². The number of nitrogens with zero attached hydrogens (tertiary/aromatic N) is 3. The molecule has 0 fully saturated rings. The Morgan fingerprint density at radius 1 is 1.47 bits per heavy atom. The quantitative estimate of drug-likeness (QED) is 0.848. The first-order valence-electron chi connectivity index (χ1n) is 6.02. The fraction of sp³-hybridized carbons (Fsp3) is 0.833. The molecule has 0 aliphatic rings. The second-order valence-corrected chi connectivity index (χ2v) is 5.34. The lowest BCUT2D eigenvalue weighted by molar-refractivity contribution is -0.0134. The smallest absolute Gasteiger partial charge is 0.0829 e. The maximum atomic E-state index is 5.68. The van der Waals surface area contributed by atoms with Gasteiger partial charge >= 0.3 is 0 Å². The monoisotopic (exact) mass is 240 g/mol. The van der Waals surface area contributed by atoms with Crippen LogP contribution in [0, 0.1) is 5.41 Å². The van der Waals surface area contributed by atoms with Crippen LogP contribution in [0.1, 0.15) is 39.4 Å². The van der Waals surface area contributed by atoms with Crippen molar-refractivity contribution in [3.8, 4) is 0 Å². The van der Waals surface area contributed by atoms with Crippen LogP contribution in [0.4, 0.5) is 0 Å². The summed E-state index contributed by atoms with van der Waals surface area (Å²) in [6.07, 6.45) is 1.87. The zero-order chi connectivity index (χ0) is 13.1. The summed E-state index contributed by atoms with van der Waals surface area (Å²) in [5.41, 5.74) is 1.10. The van der Waals surface area contributed by atoms with Gasteiger partial charge in [-0.15, -0.1) is 5.10 Å². The number of hydrogen-bond donors (Lipinski definition) is 1. The molecule has 0 saturated heterocycles. The van der Waals surface area contributed by atoms with E-state index in [9.17, 15) is 0 Å². The van der Waals surface area contributed by atoms with E-state index in [0.29, 0.717) is 0 Å². The molecule has 0 aliphatic heterocycles. The van der Waals surface area contributed by atoms with Crippen LogP contribution in [0.3, 0.4) is 0 Å². The average molecular weight is 240 g/mol. The number of likely N-dealkylation sites (N-methyl/N-ethyl adjacent to an activating group) is 1. The third-order valence-corrected chi connectivity index (χ3v) is 2.90. The van der Waals surface area contributed by atoms with E-state index in [1.165, 1.54) is 0 Å². The van der Waals surface area contributed by atoms with Crippen LogP contribution < -0.4 is 5.32 Å². The summed E-state index contributed by atoms with van der Waals surface area (Å²) >= 11 is 0. The van der Waals surface area contributed by atoms with Gasteiger partial charge in [0.25, 0.3) is 0 Å². The molecule has 2 atom stereocenters. The highest BCUT2D eigenvalue weighted by Gasteiger charge is 2.34. The van der Waals surface area contributed by atoms with Crippen LogP contribution in [-0.2, 0) is 11.8 Å².